The number of nitrogens with one attached hydrogen (secondary N) is 1. The number of pyridine rings is 1. The van der Waals surface area contributed by atoms with Crippen molar-refractivity contribution in [3.63, 3.8) is 0 Å². The zero-order chi connectivity index (χ0) is 17.4. The largest absolute Gasteiger partial charge is 0.381 e. The lowest BCUT2D eigenvalue weighted by molar-refractivity contribution is 0.0776. The van der Waals surface area contributed by atoms with E-state index in [1.165, 1.54) is 6.26 Å². The summed E-state index contributed by atoms with van der Waals surface area (Å²) in [7, 11) is -3.22. The molecule has 1 N–H and O–H groups in total. The van der Waals surface area contributed by atoms with Crippen LogP contribution in [0.15, 0.2) is 28.7 Å². The van der Waals surface area contributed by atoms with Crippen LogP contribution in [0.3, 0.4) is 0 Å². The number of halogens is 2. The second-order valence-electron chi connectivity index (χ2n) is 6.08. The van der Waals surface area contributed by atoms with Crippen LogP contribution in [0.2, 0.25) is 5.02 Å². The van der Waals surface area contributed by atoms with Gasteiger partial charge in [0.15, 0.2) is 9.84 Å². The second-order valence-corrected chi connectivity index (χ2v) is 9.81. The smallest absolute Gasteiger partial charge is 0.155 e. The molecular formula is C16H18BrClN2O3S. The van der Waals surface area contributed by atoms with Gasteiger partial charge in [0.05, 0.1) is 15.3 Å². The average Bonchev–Trinajstić information content (AvgIpc) is 2.53. The van der Waals surface area contributed by atoms with Crippen LogP contribution in [-0.4, -0.2) is 44.2 Å². The summed E-state index contributed by atoms with van der Waals surface area (Å²) in [6.07, 6.45) is 2.27. The number of anilines is 1. The molecule has 3 rings (SSSR count). The van der Waals surface area contributed by atoms with Crippen LogP contribution >= 0.6 is 27.5 Å². The number of aromatic nitrogens is 1. The minimum atomic E-state index is -3.22. The second kappa shape index (κ2) is 6.78. The Morgan fingerprint density at radius 3 is 2.71 bits per heavy atom. The third kappa shape index (κ3) is 3.54. The van der Waals surface area contributed by atoms with Gasteiger partial charge in [0.25, 0.3) is 0 Å². The van der Waals surface area contributed by atoms with Gasteiger partial charge in [0.1, 0.15) is 5.82 Å². The van der Waals surface area contributed by atoms with E-state index in [1.807, 2.05) is 18.2 Å². The molecule has 0 saturated carbocycles. The van der Waals surface area contributed by atoms with Gasteiger partial charge in [0.2, 0.25) is 0 Å². The maximum absolute atomic E-state index is 12.3. The number of hydrogen-bond donors (Lipinski definition) is 1. The monoisotopic (exact) mass is 432 g/mol. The summed E-state index contributed by atoms with van der Waals surface area (Å²) < 4.78 is 30.0. The van der Waals surface area contributed by atoms with Crippen molar-refractivity contribution in [1.29, 1.82) is 0 Å². The Morgan fingerprint density at radius 1 is 1.33 bits per heavy atom. The quantitative estimate of drug-likeness (QED) is 0.797. The SMILES string of the molecule is CS(=O)(=O)C1(CNc2ccc3cc(Br)cc(Cl)c3n2)CCOCC1. The molecule has 2 aromatic rings. The molecule has 0 bridgehead atoms. The molecule has 0 spiro atoms. The minimum Gasteiger partial charge on any atom is -0.381 e. The van der Waals surface area contributed by atoms with Gasteiger partial charge in [-0.15, -0.1) is 0 Å². The molecule has 2 heterocycles. The van der Waals surface area contributed by atoms with E-state index in [0.717, 1.165) is 9.86 Å². The number of rotatable bonds is 4. The Labute approximate surface area is 154 Å². The minimum absolute atomic E-state index is 0.307. The summed E-state index contributed by atoms with van der Waals surface area (Å²) in [6, 6.07) is 7.48. The van der Waals surface area contributed by atoms with Crippen molar-refractivity contribution in [1.82, 2.24) is 4.98 Å². The van der Waals surface area contributed by atoms with Gasteiger partial charge in [-0.05, 0) is 37.1 Å². The Balaban J connectivity index is 1.86. The first-order valence-electron chi connectivity index (χ1n) is 7.58. The third-order valence-corrected chi connectivity index (χ3v) is 7.36. The Morgan fingerprint density at radius 2 is 2.04 bits per heavy atom. The van der Waals surface area contributed by atoms with E-state index < -0.39 is 14.6 Å². The average molecular weight is 434 g/mol. The number of nitrogens with zero attached hydrogens (tertiary/aromatic N) is 1. The Kier molecular flexibility index (Phi) is 5.06. The van der Waals surface area contributed by atoms with Crippen LogP contribution in [0.5, 0.6) is 0 Å². The van der Waals surface area contributed by atoms with Crippen LogP contribution < -0.4 is 5.32 Å². The summed E-state index contributed by atoms with van der Waals surface area (Å²) in [5.74, 6) is 0.612. The van der Waals surface area contributed by atoms with Gasteiger partial charge in [-0.3, -0.25) is 0 Å². The van der Waals surface area contributed by atoms with Crippen molar-refractivity contribution in [3.05, 3.63) is 33.8 Å². The predicted octanol–water partition coefficient (Wildman–Crippen LogP) is 3.66. The van der Waals surface area contributed by atoms with Crippen LogP contribution in [0.1, 0.15) is 12.8 Å². The van der Waals surface area contributed by atoms with E-state index >= 15 is 0 Å². The molecule has 130 valence electrons. The highest BCUT2D eigenvalue weighted by Gasteiger charge is 2.42. The molecule has 8 heteroatoms. The van der Waals surface area contributed by atoms with Crippen molar-refractivity contribution in [2.75, 3.05) is 31.3 Å². The Hall–Kier alpha value is -0.890. The summed E-state index contributed by atoms with van der Waals surface area (Å²) >= 11 is 9.66. The molecule has 0 atom stereocenters. The van der Waals surface area contributed by atoms with Gasteiger partial charge >= 0.3 is 0 Å². The predicted molar refractivity (Wildman–Crippen MR) is 101 cm³/mol. The number of sulfone groups is 1. The van der Waals surface area contributed by atoms with Gasteiger partial charge in [0, 0.05) is 35.9 Å². The van der Waals surface area contributed by atoms with Crippen molar-refractivity contribution >= 4 is 54.1 Å². The van der Waals surface area contributed by atoms with Crippen molar-refractivity contribution < 1.29 is 13.2 Å². The number of fused-ring (bicyclic) bond motifs is 1. The van der Waals surface area contributed by atoms with Gasteiger partial charge < -0.3 is 10.1 Å². The fourth-order valence-electron chi connectivity index (χ4n) is 2.93. The maximum Gasteiger partial charge on any atom is 0.155 e. The number of benzene rings is 1. The molecule has 0 unspecified atom stereocenters. The van der Waals surface area contributed by atoms with Crippen molar-refractivity contribution in [2.24, 2.45) is 0 Å². The van der Waals surface area contributed by atoms with E-state index in [9.17, 15) is 8.42 Å². The lowest BCUT2D eigenvalue weighted by Crippen LogP contribution is -2.48. The molecule has 1 saturated heterocycles. The molecule has 1 fully saturated rings. The van der Waals surface area contributed by atoms with Gasteiger partial charge in [-0.1, -0.05) is 27.5 Å². The zero-order valence-electron chi connectivity index (χ0n) is 13.2. The lowest BCUT2D eigenvalue weighted by Gasteiger charge is -2.35. The molecule has 1 aromatic heterocycles. The molecule has 0 radical (unpaired) electrons. The molecule has 0 amide bonds. The van der Waals surface area contributed by atoms with Crippen LogP contribution in [0.4, 0.5) is 5.82 Å². The van der Waals surface area contributed by atoms with E-state index in [1.54, 1.807) is 6.07 Å². The highest BCUT2D eigenvalue weighted by atomic mass is 79.9. The molecular weight excluding hydrogens is 416 g/mol. The molecule has 5 nitrogen and oxygen atoms in total. The standard InChI is InChI=1S/C16H18BrClN2O3S/c1-24(21,22)16(4-6-23-7-5-16)10-19-14-3-2-11-8-12(17)9-13(18)15(11)20-14/h2-3,8-9H,4-7,10H2,1H3,(H,19,20). The summed E-state index contributed by atoms with van der Waals surface area (Å²) in [5.41, 5.74) is 0.685. The first-order valence-corrected chi connectivity index (χ1v) is 10.6. The van der Waals surface area contributed by atoms with E-state index in [4.69, 9.17) is 16.3 Å². The normalized spacial score (nSPS) is 17.8. The first-order chi connectivity index (χ1) is 11.3. The molecule has 1 aromatic carbocycles. The molecule has 1 aliphatic heterocycles. The van der Waals surface area contributed by atoms with Crippen LogP contribution in [-0.2, 0) is 14.6 Å². The highest BCUT2D eigenvalue weighted by Crippen LogP contribution is 2.31. The summed E-state index contributed by atoms with van der Waals surface area (Å²) in [6.45, 7) is 1.22. The van der Waals surface area contributed by atoms with E-state index in [0.29, 0.717) is 49.0 Å². The van der Waals surface area contributed by atoms with Crippen LogP contribution in [0, 0.1) is 0 Å². The van der Waals surface area contributed by atoms with E-state index in [2.05, 4.69) is 26.2 Å². The number of ether oxygens (including phenoxy) is 1. The fourth-order valence-corrected chi connectivity index (χ4v) is 5.05. The summed E-state index contributed by atoms with van der Waals surface area (Å²) in [5, 5.41) is 4.65. The van der Waals surface area contributed by atoms with Crippen molar-refractivity contribution in [2.45, 2.75) is 17.6 Å². The molecule has 1 aliphatic rings. The number of hydrogen-bond acceptors (Lipinski definition) is 5. The zero-order valence-corrected chi connectivity index (χ0v) is 16.3. The molecule has 0 aliphatic carbocycles. The molecule has 24 heavy (non-hydrogen) atoms. The Bertz CT molecular complexity index is 867. The highest BCUT2D eigenvalue weighted by molar-refractivity contribution is 9.10. The van der Waals surface area contributed by atoms with Gasteiger partial charge in [-0.25, -0.2) is 13.4 Å². The fraction of sp³-hybridized carbons (Fsp3) is 0.438. The van der Waals surface area contributed by atoms with Gasteiger partial charge in [-0.2, -0.15) is 0 Å². The topological polar surface area (TPSA) is 68.3 Å². The first kappa shape index (κ1) is 17.9. The lowest BCUT2D eigenvalue weighted by atomic mass is 9.99. The summed E-state index contributed by atoms with van der Waals surface area (Å²) in [4.78, 5) is 4.52. The third-order valence-electron chi connectivity index (χ3n) is 4.49. The van der Waals surface area contributed by atoms with E-state index in [-0.39, 0.29) is 0 Å². The maximum atomic E-state index is 12.3. The van der Waals surface area contributed by atoms with Crippen LogP contribution in [0.25, 0.3) is 10.9 Å². The van der Waals surface area contributed by atoms with Crippen molar-refractivity contribution in [3.8, 4) is 0 Å².